The van der Waals surface area contributed by atoms with Gasteiger partial charge in [0.25, 0.3) is 0 Å². The quantitative estimate of drug-likeness (QED) is 0.546. The van der Waals surface area contributed by atoms with E-state index in [4.69, 9.17) is 0 Å². The zero-order valence-corrected chi connectivity index (χ0v) is 14.8. The molecule has 26 heavy (non-hydrogen) atoms. The number of aromatic nitrogens is 2. The van der Waals surface area contributed by atoms with Crippen LogP contribution in [0.25, 0.3) is 22.0 Å². The maximum Gasteiger partial charge on any atom is 0.0720 e. The molecule has 4 aromatic rings. The molecule has 2 heterocycles. The lowest BCUT2D eigenvalue weighted by Gasteiger charge is -2.17. The molecule has 2 aromatic heterocycles. The molecule has 1 N–H and O–H groups in total. The molecule has 0 aliphatic rings. The lowest BCUT2D eigenvalue weighted by atomic mass is 9.99. The predicted molar refractivity (Wildman–Crippen MR) is 107 cm³/mol. The Morgan fingerprint density at radius 2 is 1.81 bits per heavy atom. The number of nitrogens with one attached hydrogen (secondary N) is 1. The molecular weight excluding hydrogens is 318 g/mol. The van der Waals surface area contributed by atoms with Crippen molar-refractivity contribution in [3.8, 4) is 11.3 Å². The Morgan fingerprint density at radius 1 is 0.923 bits per heavy atom. The van der Waals surface area contributed by atoms with Crippen LogP contribution in [0.3, 0.4) is 0 Å². The number of nitrogens with zero attached hydrogens (tertiary/aromatic N) is 2. The fourth-order valence-corrected chi connectivity index (χ4v) is 3.27. The first-order valence-electron chi connectivity index (χ1n) is 8.87. The van der Waals surface area contributed by atoms with Gasteiger partial charge < -0.3 is 5.32 Å². The molecule has 3 heteroatoms. The summed E-state index contributed by atoms with van der Waals surface area (Å²) in [6, 6.07) is 23.4. The minimum Gasteiger partial charge on any atom is -0.306 e. The molecular formula is C23H21N3. The normalized spacial score (nSPS) is 12.2. The van der Waals surface area contributed by atoms with Crippen molar-refractivity contribution in [2.24, 2.45) is 0 Å². The maximum atomic E-state index is 4.47. The van der Waals surface area contributed by atoms with Gasteiger partial charge in [-0.05, 0) is 53.1 Å². The maximum absolute atomic E-state index is 4.47. The minimum atomic E-state index is 0.260. The highest BCUT2D eigenvalue weighted by atomic mass is 14.9. The van der Waals surface area contributed by atoms with E-state index >= 15 is 0 Å². The summed E-state index contributed by atoms with van der Waals surface area (Å²) in [4.78, 5) is 8.65. The van der Waals surface area contributed by atoms with Crippen LogP contribution in [0.2, 0.25) is 0 Å². The third-order valence-electron chi connectivity index (χ3n) is 4.68. The van der Waals surface area contributed by atoms with Gasteiger partial charge in [0.1, 0.15) is 0 Å². The number of hydrogen-bond donors (Lipinski definition) is 1. The van der Waals surface area contributed by atoms with Gasteiger partial charge in [-0.1, -0.05) is 42.5 Å². The molecule has 0 fully saturated rings. The van der Waals surface area contributed by atoms with E-state index in [1.807, 2.05) is 24.5 Å². The zero-order valence-electron chi connectivity index (χ0n) is 14.8. The van der Waals surface area contributed by atoms with E-state index in [-0.39, 0.29) is 6.04 Å². The van der Waals surface area contributed by atoms with Gasteiger partial charge in [0.05, 0.1) is 5.69 Å². The monoisotopic (exact) mass is 339 g/mol. The van der Waals surface area contributed by atoms with Crippen molar-refractivity contribution in [1.29, 1.82) is 0 Å². The van der Waals surface area contributed by atoms with E-state index in [9.17, 15) is 0 Å². The fourth-order valence-electron chi connectivity index (χ4n) is 3.27. The molecule has 0 amide bonds. The van der Waals surface area contributed by atoms with Crippen molar-refractivity contribution in [1.82, 2.24) is 15.3 Å². The number of benzene rings is 2. The average molecular weight is 339 g/mol. The third kappa shape index (κ3) is 3.48. The van der Waals surface area contributed by atoms with E-state index in [0.29, 0.717) is 0 Å². The van der Waals surface area contributed by atoms with Gasteiger partial charge in [0.15, 0.2) is 0 Å². The number of fused-ring (bicyclic) bond motifs is 1. The van der Waals surface area contributed by atoms with E-state index in [0.717, 1.165) is 17.8 Å². The Labute approximate surface area is 153 Å². The number of hydrogen-bond acceptors (Lipinski definition) is 3. The van der Waals surface area contributed by atoms with Crippen molar-refractivity contribution >= 4 is 10.8 Å². The van der Waals surface area contributed by atoms with Gasteiger partial charge >= 0.3 is 0 Å². The zero-order chi connectivity index (χ0) is 17.8. The first-order valence-corrected chi connectivity index (χ1v) is 8.87. The molecule has 0 saturated heterocycles. The summed E-state index contributed by atoms with van der Waals surface area (Å²) in [6.07, 6.45) is 5.49. The first-order chi connectivity index (χ1) is 12.8. The van der Waals surface area contributed by atoms with Gasteiger partial charge in [-0.3, -0.25) is 9.97 Å². The van der Waals surface area contributed by atoms with Crippen LogP contribution in [0.5, 0.6) is 0 Å². The smallest absolute Gasteiger partial charge is 0.0720 e. The van der Waals surface area contributed by atoms with Crippen LogP contribution < -0.4 is 5.32 Å². The molecule has 0 aliphatic carbocycles. The molecule has 0 bridgehead atoms. The summed E-state index contributed by atoms with van der Waals surface area (Å²) in [7, 11) is 0. The van der Waals surface area contributed by atoms with Gasteiger partial charge in [-0.25, -0.2) is 0 Å². The van der Waals surface area contributed by atoms with Crippen LogP contribution in [-0.4, -0.2) is 9.97 Å². The number of pyridine rings is 2. The molecule has 0 spiro atoms. The van der Waals surface area contributed by atoms with Gasteiger partial charge in [-0.15, -0.1) is 0 Å². The van der Waals surface area contributed by atoms with Crippen molar-refractivity contribution in [3.63, 3.8) is 0 Å². The highest BCUT2D eigenvalue weighted by Crippen LogP contribution is 2.24. The standard InChI is InChI=1S/C23H21N3/c1-17(21-10-4-7-19-6-2-3-9-22(19)21)26-15-18-11-13-25-23(14-18)20-8-5-12-24-16-20/h2-14,16-17,26H,15H2,1H3. The molecule has 0 aliphatic heterocycles. The molecule has 128 valence electrons. The Hall–Kier alpha value is -3.04. The lowest BCUT2D eigenvalue weighted by molar-refractivity contribution is 0.578. The Balaban J connectivity index is 1.52. The molecule has 0 saturated carbocycles. The summed E-state index contributed by atoms with van der Waals surface area (Å²) < 4.78 is 0. The molecule has 1 atom stereocenters. The van der Waals surface area contributed by atoms with Gasteiger partial charge in [0, 0.05) is 36.7 Å². The van der Waals surface area contributed by atoms with Crippen molar-refractivity contribution in [3.05, 3.63) is 96.4 Å². The second kappa shape index (κ2) is 7.46. The van der Waals surface area contributed by atoms with Crippen LogP contribution in [0.1, 0.15) is 24.1 Å². The van der Waals surface area contributed by atoms with Crippen LogP contribution in [0.15, 0.2) is 85.3 Å². The Bertz CT molecular complexity index is 1010. The van der Waals surface area contributed by atoms with E-state index in [1.165, 1.54) is 21.9 Å². The first kappa shape index (κ1) is 16.4. The SMILES string of the molecule is CC(NCc1ccnc(-c2cccnc2)c1)c1cccc2ccccc12. The summed E-state index contributed by atoms with van der Waals surface area (Å²) in [5.74, 6) is 0. The molecule has 1 unspecified atom stereocenters. The fraction of sp³-hybridized carbons (Fsp3) is 0.130. The highest BCUT2D eigenvalue weighted by Gasteiger charge is 2.09. The molecule has 2 aromatic carbocycles. The lowest BCUT2D eigenvalue weighted by Crippen LogP contribution is -2.18. The van der Waals surface area contributed by atoms with Crippen molar-refractivity contribution in [2.75, 3.05) is 0 Å². The van der Waals surface area contributed by atoms with Gasteiger partial charge in [0.2, 0.25) is 0 Å². The molecule has 4 rings (SSSR count). The predicted octanol–water partition coefficient (Wildman–Crippen LogP) is 5.15. The summed E-state index contributed by atoms with van der Waals surface area (Å²) in [5, 5.41) is 6.23. The summed E-state index contributed by atoms with van der Waals surface area (Å²) in [5.41, 5.74) is 4.53. The average Bonchev–Trinajstić information content (AvgIpc) is 2.72. The highest BCUT2D eigenvalue weighted by molar-refractivity contribution is 5.86. The van der Waals surface area contributed by atoms with Crippen molar-refractivity contribution < 1.29 is 0 Å². The van der Waals surface area contributed by atoms with Crippen LogP contribution in [0, 0.1) is 0 Å². The molecule has 3 nitrogen and oxygen atoms in total. The molecule has 0 radical (unpaired) electrons. The van der Waals surface area contributed by atoms with Crippen LogP contribution in [-0.2, 0) is 6.54 Å². The third-order valence-corrected chi connectivity index (χ3v) is 4.68. The van der Waals surface area contributed by atoms with E-state index in [2.05, 4.69) is 76.8 Å². The van der Waals surface area contributed by atoms with Crippen LogP contribution >= 0.6 is 0 Å². The minimum absolute atomic E-state index is 0.260. The van der Waals surface area contributed by atoms with E-state index < -0.39 is 0 Å². The van der Waals surface area contributed by atoms with E-state index in [1.54, 1.807) is 6.20 Å². The Kier molecular flexibility index (Phi) is 4.71. The van der Waals surface area contributed by atoms with Crippen LogP contribution in [0.4, 0.5) is 0 Å². The second-order valence-electron chi connectivity index (χ2n) is 6.46. The number of rotatable bonds is 5. The summed E-state index contributed by atoms with van der Waals surface area (Å²) in [6.45, 7) is 3.01. The van der Waals surface area contributed by atoms with Gasteiger partial charge in [-0.2, -0.15) is 0 Å². The van der Waals surface area contributed by atoms with Crippen molar-refractivity contribution in [2.45, 2.75) is 19.5 Å². The summed E-state index contributed by atoms with van der Waals surface area (Å²) >= 11 is 0. The second-order valence-corrected chi connectivity index (χ2v) is 6.46. The largest absolute Gasteiger partial charge is 0.306 e. The topological polar surface area (TPSA) is 37.8 Å². The Morgan fingerprint density at radius 3 is 2.69 bits per heavy atom.